The highest BCUT2D eigenvalue weighted by Gasteiger charge is 2.22. The summed E-state index contributed by atoms with van der Waals surface area (Å²) in [6, 6.07) is 21.2. The molecule has 184 valence electrons. The lowest BCUT2D eigenvalue weighted by atomic mass is 9.83. The van der Waals surface area contributed by atoms with E-state index in [0.717, 1.165) is 71.6 Å². The molecule has 7 rings (SSSR count). The van der Waals surface area contributed by atoms with Crippen molar-refractivity contribution in [2.45, 2.75) is 20.8 Å². The maximum atomic E-state index is 11.9. The molecule has 38 heavy (non-hydrogen) atoms. The van der Waals surface area contributed by atoms with Gasteiger partial charge in [0.05, 0.1) is 16.9 Å². The van der Waals surface area contributed by atoms with Gasteiger partial charge in [0.15, 0.2) is 0 Å². The van der Waals surface area contributed by atoms with E-state index in [-0.39, 0.29) is 0 Å². The molecule has 7 aromatic rings. The summed E-state index contributed by atoms with van der Waals surface area (Å²) in [5.41, 5.74) is 8.30. The molecule has 5 aromatic carbocycles. The van der Waals surface area contributed by atoms with Crippen LogP contribution >= 0.6 is 11.6 Å². The molecule has 0 atom stereocenters. The van der Waals surface area contributed by atoms with Crippen molar-refractivity contribution in [2.75, 3.05) is 0 Å². The van der Waals surface area contributed by atoms with Crippen LogP contribution in [0.25, 0.3) is 60.3 Å². The predicted octanol–water partition coefficient (Wildman–Crippen LogP) is 8.78. The molecular formula is C33H24ClN3O. The highest BCUT2D eigenvalue weighted by molar-refractivity contribution is 6.31. The van der Waals surface area contributed by atoms with Crippen LogP contribution in [0, 0.1) is 20.8 Å². The Hall–Kier alpha value is -4.41. The zero-order chi connectivity index (χ0) is 26.1. The van der Waals surface area contributed by atoms with Gasteiger partial charge in [-0.25, -0.2) is 4.68 Å². The Morgan fingerprint density at radius 1 is 0.763 bits per heavy atom. The zero-order valence-corrected chi connectivity index (χ0v) is 22.0. The van der Waals surface area contributed by atoms with Gasteiger partial charge in [0.25, 0.3) is 0 Å². The van der Waals surface area contributed by atoms with Crippen molar-refractivity contribution in [1.82, 2.24) is 14.8 Å². The summed E-state index contributed by atoms with van der Waals surface area (Å²) in [6.45, 7) is 6.24. The van der Waals surface area contributed by atoms with Crippen molar-refractivity contribution >= 4 is 43.9 Å². The lowest BCUT2D eigenvalue weighted by Gasteiger charge is -2.21. The summed E-state index contributed by atoms with van der Waals surface area (Å²) in [5, 5.41) is 23.3. The Kier molecular flexibility index (Phi) is 4.97. The molecule has 2 aromatic heterocycles. The molecule has 0 aliphatic heterocycles. The summed E-state index contributed by atoms with van der Waals surface area (Å²) in [6.07, 6.45) is 7.12. The van der Waals surface area contributed by atoms with E-state index in [1.165, 1.54) is 5.39 Å². The Morgan fingerprint density at radius 3 is 2.05 bits per heavy atom. The van der Waals surface area contributed by atoms with Gasteiger partial charge >= 0.3 is 0 Å². The summed E-state index contributed by atoms with van der Waals surface area (Å²) in [4.78, 5) is 4.35. The summed E-state index contributed by atoms with van der Waals surface area (Å²) in [5.74, 6) is 0.323. The molecule has 2 heterocycles. The fraction of sp³-hybridized carbons (Fsp3) is 0.0909. The first-order chi connectivity index (χ1) is 18.4. The van der Waals surface area contributed by atoms with Crippen LogP contribution in [0.3, 0.4) is 0 Å². The molecule has 0 aliphatic rings. The average molecular weight is 514 g/mol. The van der Waals surface area contributed by atoms with E-state index in [1.54, 1.807) is 23.3 Å². The summed E-state index contributed by atoms with van der Waals surface area (Å²) in [7, 11) is 0. The molecule has 0 bridgehead atoms. The molecule has 0 fully saturated rings. The van der Waals surface area contributed by atoms with E-state index in [0.29, 0.717) is 10.8 Å². The van der Waals surface area contributed by atoms with Crippen LogP contribution in [-0.2, 0) is 0 Å². The SMILES string of the molecule is Cc1cc(-n2cc(Cl)cn2)cc(C)c1-c1ccc2ccc3ccc(-c4cccnc4)c4c(C)c(O)c1c2c34. The van der Waals surface area contributed by atoms with E-state index in [1.807, 2.05) is 19.2 Å². The van der Waals surface area contributed by atoms with Gasteiger partial charge < -0.3 is 5.11 Å². The van der Waals surface area contributed by atoms with E-state index in [2.05, 4.69) is 78.5 Å². The Labute approximate surface area is 225 Å². The molecule has 0 saturated heterocycles. The number of phenolic OH excluding ortho intramolecular Hbond substituents is 1. The van der Waals surface area contributed by atoms with E-state index in [4.69, 9.17) is 11.6 Å². The first-order valence-corrected chi connectivity index (χ1v) is 13.0. The number of phenols is 1. The van der Waals surface area contributed by atoms with Crippen molar-refractivity contribution in [3.05, 3.63) is 107 Å². The van der Waals surface area contributed by atoms with Crippen molar-refractivity contribution in [3.63, 3.8) is 0 Å². The smallest absolute Gasteiger partial charge is 0.127 e. The van der Waals surface area contributed by atoms with Gasteiger partial charge in [-0.3, -0.25) is 4.98 Å². The van der Waals surface area contributed by atoms with E-state index in [9.17, 15) is 5.11 Å². The Morgan fingerprint density at radius 2 is 1.42 bits per heavy atom. The van der Waals surface area contributed by atoms with Crippen molar-refractivity contribution in [3.8, 4) is 33.7 Å². The van der Waals surface area contributed by atoms with Gasteiger partial charge in [0, 0.05) is 34.9 Å². The monoisotopic (exact) mass is 513 g/mol. The first-order valence-electron chi connectivity index (χ1n) is 12.6. The van der Waals surface area contributed by atoms with Crippen LogP contribution in [0.5, 0.6) is 5.75 Å². The van der Waals surface area contributed by atoms with Gasteiger partial charge in [-0.2, -0.15) is 5.10 Å². The number of hydrogen-bond acceptors (Lipinski definition) is 3. The third kappa shape index (κ3) is 3.24. The molecule has 0 aliphatic carbocycles. The van der Waals surface area contributed by atoms with Crippen LogP contribution in [0.4, 0.5) is 0 Å². The summed E-state index contributed by atoms with van der Waals surface area (Å²) >= 11 is 6.13. The van der Waals surface area contributed by atoms with Crippen molar-refractivity contribution < 1.29 is 5.11 Å². The fourth-order valence-corrected chi connectivity index (χ4v) is 6.22. The number of aryl methyl sites for hydroxylation is 3. The second-order valence-corrected chi connectivity index (χ2v) is 10.4. The number of aromatic nitrogens is 3. The maximum Gasteiger partial charge on any atom is 0.127 e. The van der Waals surface area contributed by atoms with Crippen LogP contribution < -0.4 is 0 Å². The lowest BCUT2D eigenvalue weighted by molar-refractivity contribution is 0.478. The van der Waals surface area contributed by atoms with E-state index < -0.39 is 0 Å². The highest BCUT2D eigenvalue weighted by atomic mass is 35.5. The first kappa shape index (κ1) is 22.8. The van der Waals surface area contributed by atoms with Crippen molar-refractivity contribution in [2.24, 2.45) is 0 Å². The molecule has 0 saturated carbocycles. The van der Waals surface area contributed by atoms with E-state index >= 15 is 0 Å². The largest absolute Gasteiger partial charge is 0.507 e. The Bertz CT molecular complexity index is 2000. The lowest BCUT2D eigenvalue weighted by Crippen LogP contribution is -1.99. The second-order valence-electron chi connectivity index (χ2n) is 10.0. The minimum atomic E-state index is 0.323. The van der Waals surface area contributed by atoms with Crippen LogP contribution in [0.15, 0.2) is 85.5 Å². The molecular weight excluding hydrogens is 490 g/mol. The molecule has 0 spiro atoms. The predicted molar refractivity (Wildman–Crippen MR) is 157 cm³/mol. The topological polar surface area (TPSA) is 50.9 Å². The minimum Gasteiger partial charge on any atom is -0.507 e. The minimum absolute atomic E-state index is 0.323. The summed E-state index contributed by atoms with van der Waals surface area (Å²) < 4.78 is 1.79. The molecule has 0 radical (unpaired) electrons. The molecule has 4 nitrogen and oxygen atoms in total. The van der Waals surface area contributed by atoms with Crippen LogP contribution in [0.1, 0.15) is 16.7 Å². The molecule has 0 amide bonds. The van der Waals surface area contributed by atoms with Gasteiger partial charge in [-0.1, -0.05) is 54.1 Å². The number of rotatable bonds is 3. The van der Waals surface area contributed by atoms with Gasteiger partial charge in [0.1, 0.15) is 5.75 Å². The third-order valence-electron chi connectivity index (χ3n) is 7.71. The standard InChI is InChI=1S/C33H24ClN3O/c1-18-13-25(37-17-24(34)16-36-37)14-19(2)28(18)27-11-9-22-7-6-21-8-10-26(23-5-4-12-35-15-23)29-20(3)33(38)32(27)31(22)30(21)29/h4-17,38H,1-3H3. The number of benzene rings is 5. The fourth-order valence-electron chi connectivity index (χ4n) is 6.09. The number of pyridine rings is 1. The zero-order valence-electron chi connectivity index (χ0n) is 21.2. The normalized spacial score (nSPS) is 11.8. The van der Waals surface area contributed by atoms with Gasteiger partial charge in [0.2, 0.25) is 0 Å². The van der Waals surface area contributed by atoms with Crippen molar-refractivity contribution in [1.29, 1.82) is 0 Å². The number of nitrogens with zero attached hydrogens (tertiary/aromatic N) is 3. The Balaban J connectivity index is 1.57. The van der Waals surface area contributed by atoms with Crippen LogP contribution in [0.2, 0.25) is 5.02 Å². The average Bonchev–Trinajstić information content (AvgIpc) is 3.37. The number of hydrogen-bond donors (Lipinski definition) is 1. The quantitative estimate of drug-likeness (QED) is 0.240. The number of halogens is 1. The third-order valence-corrected chi connectivity index (χ3v) is 7.90. The number of aromatic hydroxyl groups is 1. The van der Waals surface area contributed by atoms with Gasteiger partial charge in [-0.05, 0) is 93.9 Å². The highest BCUT2D eigenvalue weighted by Crippen LogP contribution is 2.49. The second kappa shape index (κ2) is 8.30. The van der Waals surface area contributed by atoms with Gasteiger partial charge in [-0.15, -0.1) is 0 Å². The van der Waals surface area contributed by atoms with Crippen LogP contribution in [-0.4, -0.2) is 19.9 Å². The molecule has 0 unspecified atom stereocenters. The maximum absolute atomic E-state index is 11.9. The molecule has 1 N–H and O–H groups in total. The molecule has 5 heteroatoms.